The third-order valence-corrected chi connectivity index (χ3v) is 6.71. The molecule has 33 heavy (non-hydrogen) atoms. The molecule has 170 valence electrons. The number of ether oxygens (including phenoxy) is 1. The highest BCUT2D eigenvalue weighted by Crippen LogP contribution is 2.67. The number of imidazole rings is 1. The van der Waals surface area contributed by atoms with Crippen LogP contribution in [0.5, 0.6) is 5.75 Å². The smallest absolute Gasteiger partial charge is 0.229 e. The van der Waals surface area contributed by atoms with Crippen molar-refractivity contribution in [3.05, 3.63) is 42.0 Å². The molecule has 1 amide bonds. The minimum atomic E-state index is -1.16. The molecule has 0 radical (unpaired) electrons. The van der Waals surface area contributed by atoms with E-state index in [9.17, 15) is 15.0 Å². The lowest BCUT2D eigenvalue weighted by Crippen LogP contribution is -2.41. The minimum absolute atomic E-state index is 0.221. The quantitative estimate of drug-likeness (QED) is 0.419. The first kappa shape index (κ1) is 21.2. The number of fused-ring (bicyclic) bond motifs is 2. The summed E-state index contributed by atoms with van der Waals surface area (Å²) in [4.78, 5) is 25.9. The molecular weight excluding hydrogens is 424 g/mol. The first-order valence-electron chi connectivity index (χ1n) is 10.6. The minimum Gasteiger partial charge on any atom is -0.497 e. The molecule has 2 fully saturated rings. The van der Waals surface area contributed by atoms with Crippen molar-refractivity contribution in [1.82, 2.24) is 24.8 Å². The number of carbonyl (C=O) groups is 1. The van der Waals surface area contributed by atoms with Crippen LogP contribution in [-0.4, -0.2) is 69.1 Å². The second-order valence-corrected chi connectivity index (χ2v) is 8.30. The van der Waals surface area contributed by atoms with Gasteiger partial charge in [-0.25, -0.2) is 15.0 Å². The Balaban J connectivity index is 1.54. The Morgan fingerprint density at radius 2 is 1.97 bits per heavy atom. The van der Waals surface area contributed by atoms with Crippen molar-refractivity contribution >= 4 is 22.9 Å². The van der Waals surface area contributed by atoms with Crippen LogP contribution in [0.2, 0.25) is 0 Å². The number of methoxy groups -OCH3 is 1. The Bertz CT molecular complexity index is 1290. The molecule has 2 aliphatic carbocycles. The van der Waals surface area contributed by atoms with Gasteiger partial charge in [-0.3, -0.25) is 4.79 Å². The lowest BCUT2D eigenvalue weighted by Gasteiger charge is -2.23. The summed E-state index contributed by atoms with van der Waals surface area (Å²) in [6.45, 7) is 0. The Labute approximate surface area is 190 Å². The summed E-state index contributed by atoms with van der Waals surface area (Å²) in [6.07, 6.45) is -0.228. The van der Waals surface area contributed by atoms with E-state index in [1.54, 1.807) is 25.1 Å². The molecule has 0 spiro atoms. The highest BCUT2D eigenvalue weighted by Gasteiger charge is 2.75. The van der Waals surface area contributed by atoms with E-state index in [-0.39, 0.29) is 17.6 Å². The highest BCUT2D eigenvalue weighted by molar-refractivity contribution is 5.88. The van der Waals surface area contributed by atoms with Gasteiger partial charge >= 0.3 is 0 Å². The summed E-state index contributed by atoms with van der Waals surface area (Å²) in [7, 11) is 4.87. The fourth-order valence-corrected chi connectivity index (χ4v) is 4.95. The van der Waals surface area contributed by atoms with Crippen molar-refractivity contribution in [2.75, 3.05) is 26.5 Å². The van der Waals surface area contributed by atoms with E-state index < -0.39 is 23.7 Å². The van der Waals surface area contributed by atoms with Gasteiger partial charge in [-0.2, -0.15) is 0 Å². The average Bonchev–Trinajstić information content (AvgIpc) is 3.38. The molecule has 10 heteroatoms. The van der Waals surface area contributed by atoms with Gasteiger partial charge in [0.1, 0.15) is 11.9 Å². The molecule has 1 aromatic carbocycles. The molecule has 2 aromatic heterocycles. The van der Waals surface area contributed by atoms with Crippen LogP contribution in [0.25, 0.3) is 11.2 Å². The van der Waals surface area contributed by atoms with E-state index in [4.69, 9.17) is 4.74 Å². The maximum Gasteiger partial charge on any atom is 0.229 e. The fraction of sp³-hybridized carbons (Fsp3) is 0.391. The summed E-state index contributed by atoms with van der Waals surface area (Å²) in [5.41, 5.74) is 0.795. The van der Waals surface area contributed by atoms with Gasteiger partial charge in [-0.15, -0.1) is 0 Å². The van der Waals surface area contributed by atoms with Crippen LogP contribution in [0, 0.1) is 23.2 Å². The Hall–Kier alpha value is -3.68. The van der Waals surface area contributed by atoms with E-state index in [0.717, 1.165) is 11.3 Å². The van der Waals surface area contributed by atoms with Crippen LogP contribution in [0.1, 0.15) is 23.9 Å². The number of amides is 1. The lowest BCUT2D eigenvalue weighted by atomic mass is 9.98. The molecule has 2 saturated carbocycles. The number of aliphatic hydroxyl groups excluding tert-OH is 2. The number of rotatable bonds is 4. The molecule has 5 rings (SSSR count). The number of aromatic nitrogens is 4. The Morgan fingerprint density at radius 3 is 2.64 bits per heavy atom. The van der Waals surface area contributed by atoms with Crippen LogP contribution < -0.4 is 15.4 Å². The zero-order valence-corrected chi connectivity index (χ0v) is 18.4. The predicted octanol–water partition coefficient (Wildman–Crippen LogP) is 0.305. The van der Waals surface area contributed by atoms with Gasteiger partial charge in [0.25, 0.3) is 0 Å². The van der Waals surface area contributed by atoms with E-state index in [1.165, 1.54) is 7.05 Å². The maximum atomic E-state index is 12.5. The average molecular weight is 448 g/mol. The monoisotopic (exact) mass is 448 g/mol. The van der Waals surface area contributed by atoms with Crippen molar-refractivity contribution in [1.29, 1.82) is 0 Å². The SMILES string of the molecule is CNC(=O)[C@]12CC1[C@@H](n1cnc3c(NC)nc(C#Cc4ccc(OC)cc4)nc31)[C@H](O)C2O. The van der Waals surface area contributed by atoms with Gasteiger partial charge in [0, 0.05) is 25.6 Å². The summed E-state index contributed by atoms with van der Waals surface area (Å²) in [6, 6.07) is 6.79. The summed E-state index contributed by atoms with van der Waals surface area (Å²) < 4.78 is 6.90. The number of anilines is 1. The maximum absolute atomic E-state index is 12.5. The second kappa shape index (κ2) is 7.72. The molecule has 0 saturated heterocycles. The van der Waals surface area contributed by atoms with Crippen LogP contribution in [0.3, 0.4) is 0 Å². The van der Waals surface area contributed by atoms with Crippen molar-refractivity contribution in [2.45, 2.75) is 24.7 Å². The topological polar surface area (TPSA) is 134 Å². The molecule has 3 aromatic rings. The Morgan fingerprint density at radius 1 is 1.21 bits per heavy atom. The summed E-state index contributed by atoms with van der Waals surface area (Å²) in [5, 5.41) is 27.1. The molecule has 0 bridgehead atoms. The zero-order chi connectivity index (χ0) is 23.3. The van der Waals surface area contributed by atoms with Crippen molar-refractivity contribution in [3.63, 3.8) is 0 Å². The van der Waals surface area contributed by atoms with Crippen molar-refractivity contribution < 1.29 is 19.7 Å². The standard InChI is InChI=1S/C23H24N6O4/c1-24-20-16-21(28-15(27-20)9-6-12-4-7-13(33-3)8-5-12)29(11-26-16)17-14-10-23(14,22(32)25-2)19(31)18(17)30/h4-5,7-8,11,14,17-19,30-31H,10H2,1-3H3,(H,25,32)(H,24,27,28)/t14?,17-,18+,19?,23-/m1/s1. The second-order valence-electron chi connectivity index (χ2n) is 8.30. The van der Waals surface area contributed by atoms with Crippen molar-refractivity contribution in [2.24, 2.45) is 11.3 Å². The van der Waals surface area contributed by atoms with Gasteiger partial charge in [0.15, 0.2) is 17.0 Å². The van der Waals surface area contributed by atoms with Gasteiger partial charge in [0.2, 0.25) is 11.7 Å². The molecule has 2 aliphatic rings. The fourth-order valence-electron chi connectivity index (χ4n) is 4.95. The summed E-state index contributed by atoms with van der Waals surface area (Å²) >= 11 is 0. The van der Waals surface area contributed by atoms with E-state index in [1.807, 2.05) is 24.3 Å². The third kappa shape index (κ3) is 3.12. The molecule has 0 aliphatic heterocycles. The zero-order valence-electron chi connectivity index (χ0n) is 18.4. The molecule has 5 atom stereocenters. The van der Waals surface area contributed by atoms with Crippen LogP contribution >= 0.6 is 0 Å². The van der Waals surface area contributed by atoms with E-state index in [0.29, 0.717) is 23.4 Å². The van der Waals surface area contributed by atoms with Crippen molar-refractivity contribution in [3.8, 4) is 17.6 Å². The van der Waals surface area contributed by atoms with Crippen LogP contribution in [0.4, 0.5) is 5.82 Å². The number of hydrogen-bond donors (Lipinski definition) is 4. The number of hydrogen-bond acceptors (Lipinski definition) is 8. The number of nitrogens with one attached hydrogen (secondary N) is 2. The number of benzene rings is 1. The highest BCUT2D eigenvalue weighted by atomic mass is 16.5. The first-order chi connectivity index (χ1) is 15.9. The van der Waals surface area contributed by atoms with Crippen LogP contribution in [-0.2, 0) is 4.79 Å². The molecule has 4 N–H and O–H groups in total. The van der Waals surface area contributed by atoms with Gasteiger partial charge in [0.05, 0.1) is 31.0 Å². The normalized spacial score (nSPS) is 27.4. The van der Waals surface area contributed by atoms with Gasteiger partial charge in [-0.1, -0.05) is 5.92 Å². The van der Waals surface area contributed by atoms with E-state index >= 15 is 0 Å². The largest absolute Gasteiger partial charge is 0.497 e. The van der Waals surface area contributed by atoms with Gasteiger partial charge < -0.3 is 30.2 Å². The first-order valence-corrected chi connectivity index (χ1v) is 10.6. The van der Waals surface area contributed by atoms with Gasteiger partial charge in [-0.05, 0) is 36.6 Å². The lowest BCUT2D eigenvalue weighted by molar-refractivity contribution is -0.132. The third-order valence-electron chi connectivity index (χ3n) is 6.71. The number of carbonyl (C=O) groups excluding carboxylic acids is 1. The number of nitrogens with zero attached hydrogens (tertiary/aromatic N) is 4. The molecular formula is C23H24N6O4. The summed E-state index contributed by atoms with van der Waals surface area (Å²) in [5.74, 6) is 7.06. The molecule has 2 unspecified atom stereocenters. The number of aliphatic hydroxyl groups is 2. The van der Waals surface area contributed by atoms with Crippen LogP contribution in [0.15, 0.2) is 30.6 Å². The predicted molar refractivity (Wildman–Crippen MR) is 120 cm³/mol. The Kier molecular flexibility index (Phi) is 4.96. The van der Waals surface area contributed by atoms with E-state index in [2.05, 4.69) is 37.4 Å². The molecule has 10 nitrogen and oxygen atoms in total. The molecule has 2 heterocycles.